The maximum atomic E-state index is 12.1. The number of nitrogens with one attached hydrogen (secondary N) is 2. The molecule has 1 saturated heterocycles. The van der Waals surface area contributed by atoms with E-state index in [4.69, 9.17) is 11.6 Å². The number of carbonyl (C=O) groups is 1. The average Bonchev–Trinajstić information content (AvgIpc) is 2.70. The van der Waals surface area contributed by atoms with E-state index in [1.165, 1.54) is 0 Å². The van der Waals surface area contributed by atoms with Gasteiger partial charge in [-0.1, -0.05) is 41.9 Å². The zero-order valence-corrected chi connectivity index (χ0v) is 16.1. The van der Waals surface area contributed by atoms with Crippen molar-refractivity contribution < 1.29 is 4.79 Å². The SMILES string of the molecule is CN=C(NCC(=O)Nc1ccccc1)N1CCN(c2ccccc2Cl)CC1. The third kappa shape index (κ3) is 5.14. The van der Waals surface area contributed by atoms with Crippen molar-refractivity contribution in [2.24, 2.45) is 4.99 Å². The Morgan fingerprint density at radius 2 is 1.70 bits per heavy atom. The van der Waals surface area contributed by atoms with Gasteiger partial charge in [0.05, 0.1) is 17.3 Å². The van der Waals surface area contributed by atoms with E-state index in [2.05, 4.69) is 25.4 Å². The minimum Gasteiger partial charge on any atom is -0.367 e. The third-order valence-electron chi connectivity index (χ3n) is 4.45. The first kappa shape index (κ1) is 19.0. The molecule has 1 aliphatic rings. The lowest BCUT2D eigenvalue weighted by molar-refractivity contribution is -0.115. The molecule has 1 aliphatic heterocycles. The van der Waals surface area contributed by atoms with E-state index in [9.17, 15) is 4.79 Å². The summed E-state index contributed by atoms with van der Waals surface area (Å²) in [5, 5.41) is 6.78. The number of amides is 1. The van der Waals surface area contributed by atoms with Crippen LogP contribution in [0.2, 0.25) is 5.02 Å². The van der Waals surface area contributed by atoms with Crippen LogP contribution in [0.15, 0.2) is 59.6 Å². The fourth-order valence-electron chi connectivity index (χ4n) is 3.09. The number of para-hydroxylation sites is 2. The topological polar surface area (TPSA) is 60.0 Å². The van der Waals surface area contributed by atoms with E-state index in [1.54, 1.807) is 7.05 Å². The van der Waals surface area contributed by atoms with Crippen LogP contribution in [0.5, 0.6) is 0 Å². The Kier molecular flexibility index (Phi) is 6.54. The molecule has 3 rings (SSSR count). The molecular weight excluding hydrogens is 362 g/mol. The van der Waals surface area contributed by atoms with Crippen LogP contribution in [0, 0.1) is 0 Å². The Labute approximate surface area is 164 Å². The molecule has 0 aromatic heterocycles. The number of carbonyl (C=O) groups excluding carboxylic acids is 1. The largest absolute Gasteiger partial charge is 0.367 e. The number of benzene rings is 2. The van der Waals surface area contributed by atoms with Gasteiger partial charge in [-0.3, -0.25) is 9.79 Å². The van der Waals surface area contributed by atoms with Gasteiger partial charge in [0.15, 0.2) is 5.96 Å². The summed E-state index contributed by atoms with van der Waals surface area (Å²) < 4.78 is 0. The highest BCUT2D eigenvalue weighted by Crippen LogP contribution is 2.25. The number of hydrogen-bond acceptors (Lipinski definition) is 3. The lowest BCUT2D eigenvalue weighted by atomic mass is 10.2. The summed E-state index contributed by atoms with van der Waals surface area (Å²) in [7, 11) is 1.73. The van der Waals surface area contributed by atoms with Gasteiger partial charge in [-0.2, -0.15) is 0 Å². The van der Waals surface area contributed by atoms with Crippen molar-refractivity contribution in [3.8, 4) is 0 Å². The molecule has 2 N–H and O–H groups in total. The summed E-state index contributed by atoms with van der Waals surface area (Å²) in [5.74, 6) is 0.633. The second-order valence-corrected chi connectivity index (χ2v) is 6.65. The van der Waals surface area contributed by atoms with Crippen LogP contribution < -0.4 is 15.5 Å². The minimum atomic E-state index is -0.1000. The molecule has 2 aromatic carbocycles. The van der Waals surface area contributed by atoms with Gasteiger partial charge >= 0.3 is 0 Å². The standard InChI is InChI=1S/C20H24ClN5O/c1-22-20(23-15-19(27)24-16-7-3-2-4-8-16)26-13-11-25(12-14-26)18-10-6-5-9-17(18)21/h2-10H,11-15H2,1H3,(H,22,23)(H,24,27). The minimum absolute atomic E-state index is 0.1000. The summed E-state index contributed by atoms with van der Waals surface area (Å²) >= 11 is 6.30. The van der Waals surface area contributed by atoms with E-state index >= 15 is 0 Å². The number of hydrogen-bond donors (Lipinski definition) is 2. The summed E-state index contributed by atoms with van der Waals surface area (Å²) in [6.45, 7) is 3.49. The van der Waals surface area contributed by atoms with E-state index in [-0.39, 0.29) is 12.5 Å². The fourth-order valence-corrected chi connectivity index (χ4v) is 3.34. The van der Waals surface area contributed by atoms with Gasteiger partial charge in [-0.25, -0.2) is 0 Å². The predicted molar refractivity (Wildman–Crippen MR) is 112 cm³/mol. The molecule has 0 spiro atoms. The number of halogens is 1. The van der Waals surface area contributed by atoms with Crippen molar-refractivity contribution >= 4 is 34.8 Å². The lowest BCUT2D eigenvalue weighted by Crippen LogP contribution is -2.53. The van der Waals surface area contributed by atoms with Gasteiger partial charge in [0, 0.05) is 38.9 Å². The summed E-state index contributed by atoms with van der Waals surface area (Å²) in [6, 6.07) is 17.3. The van der Waals surface area contributed by atoms with Crippen LogP contribution in [0.4, 0.5) is 11.4 Å². The van der Waals surface area contributed by atoms with Gasteiger partial charge in [0.1, 0.15) is 0 Å². The van der Waals surface area contributed by atoms with Crippen LogP contribution in [0.3, 0.4) is 0 Å². The quantitative estimate of drug-likeness (QED) is 0.627. The highest BCUT2D eigenvalue weighted by molar-refractivity contribution is 6.33. The van der Waals surface area contributed by atoms with E-state index in [0.29, 0.717) is 0 Å². The summed E-state index contributed by atoms with van der Waals surface area (Å²) in [4.78, 5) is 20.9. The number of piperazine rings is 1. The molecule has 1 fully saturated rings. The molecule has 7 heteroatoms. The van der Waals surface area contributed by atoms with Crippen molar-refractivity contribution in [1.29, 1.82) is 0 Å². The molecule has 142 valence electrons. The normalized spacial score (nSPS) is 14.8. The molecule has 6 nitrogen and oxygen atoms in total. The molecule has 0 radical (unpaired) electrons. The van der Waals surface area contributed by atoms with Crippen LogP contribution in [-0.2, 0) is 4.79 Å². The van der Waals surface area contributed by atoms with Crippen molar-refractivity contribution in [2.45, 2.75) is 0 Å². The van der Waals surface area contributed by atoms with Crippen LogP contribution in [0.1, 0.15) is 0 Å². The number of nitrogens with zero attached hydrogens (tertiary/aromatic N) is 3. The van der Waals surface area contributed by atoms with Crippen molar-refractivity contribution in [3.63, 3.8) is 0 Å². The Morgan fingerprint density at radius 1 is 1.04 bits per heavy atom. The van der Waals surface area contributed by atoms with E-state index < -0.39 is 0 Å². The Morgan fingerprint density at radius 3 is 2.37 bits per heavy atom. The zero-order chi connectivity index (χ0) is 19.1. The van der Waals surface area contributed by atoms with Gasteiger partial charge < -0.3 is 20.4 Å². The molecule has 0 aliphatic carbocycles. The van der Waals surface area contributed by atoms with E-state index in [1.807, 2.05) is 54.6 Å². The molecule has 0 bridgehead atoms. The molecular formula is C20H24ClN5O. The van der Waals surface area contributed by atoms with E-state index in [0.717, 1.165) is 48.5 Å². The summed E-state index contributed by atoms with van der Waals surface area (Å²) in [5.41, 5.74) is 1.84. The maximum Gasteiger partial charge on any atom is 0.243 e. The van der Waals surface area contributed by atoms with Gasteiger partial charge in [-0.15, -0.1) is 0 Å². The molecule has 0 atom stereocenters. The van der Waals surface area contributed by atoms with Gasteiger partial charge in [-0.05, 0) is 24.3 Å². The second-order valence-electron chi connectivity index (χ2n) is 6.24. The second kappa shape index (κ2) is 9.28. The maximum absolute atomic E-state index is 12.1. The predicted octanol–water partition coefficient (Wildman–Crippen LogP) is 2.68. The third-order valence-corrected chi connectivity index (χ3v) is 4.77. The van der Waals surface area contributed by atoms with Crippen molar-refractivity contribution in [1.82, 2.24) is 10.2 Å². The molecule has 27 heavy (non-hydrogen) atoms. The zero-order valence-electron chi connectivity index (χ0n) is 15.4. The first-order valence-electron chi connectivity index (χ1n) is 8.97. The molecule has 2 aromatic rings. The molecule has 1 amide bonds. The number of guanidine groups is 1. The van der Waals surface area contributed by atoms with Crippen molar-refractivity contribution in [2.75, 3.05) is 50.0 Å². The average molecular weight is 386 g/mol. The lowest BCUT2D eigenvalue weighted by Gasteiger charge is -2.38. The number of rotatable bonds is 4. The highest BCUT2D eigenvalue weighted by atomic mass is 35.5. The van der Waals surface area contributed by atoms with Crippen LogP contribution in [-0.4, -0.2) is 56.5 Å². The first-order valence-corrected chi connectivity index (χ1v) is 9.35. The number of aliphatic imine (C=N–C) groups is 1. The Balaban J connectivity index is 1.49. The Hall–Kier alpha value is -2.73. The number of anilines is 2. The smallest absolute Gasteiger partial charge is 0.243 e. The fraction of sp³-hybridized carbons (Fsp3) is 0.300. The van der Waals surface area contributed by atoms with Crippen LogP contribution in [0.25, 0.3) is 0 Å². The highest BCUT2D eigenvalue weighted by Gasteiger charge is 2.21. The monoisotopic (exact) mass is 385 g/mol. The summed E-state index contributed by atoms with van der Waals surface area (Å²) in [6.07, 6.45) is 0. The van der Waals surface area contributed by atoms with Crippen molar-refractivity contribution in [3.05, 3.63) is 59.6 Å². The molecule has 1 heterocycles. The van der Waals surface area contributed by atoms with Gasteiger partial charge in [0.25, 0.3) is 0 Å². The Bertz CT molecular complexity index is 788. The van der Waals surface area contributed by atoms with Gasteiger partial charge in [0.2, 0.25) is 5.91 Å². The first-order chi connectivity index (χ1) is 13.2. The molecule has 0 unspecified atom stereocenters. The van der Waals surface area contributed by atoms with Crippen LogP contribution >= 0.6 is 11.6 Å². The molecule has 0 saturated carbocycles.